The van der Waals surface area contributed by atoms with E-state index in [9.17, 15) is 14.4 Å². The van der Waals surface area contributed by atoms with Gasteiger partial charge in [-0.1, -0.05) is 31.2 Å². The van der Waals surface area contributed by atoms with Crippen molar-refractivity contribution in [1.29, 1.82) is 5.26 Å². The summed E-state index contributed by atoms with van der Waals surface area (Å²) in [5, 5.41) is 11.7. The van der Waals surface area contributed by atoms with Gasteiger partial charge in [-0.3, -0.25) is 14.4 Å². The molecule has 0 saturated heterocycles. The van der Waals surface area contributed by atoms with Gasteiger partial charge in [0.15, 0.2) is 0 Å². The van der Waals surface area contributed by atoms with E-state index in [-0.39, 0.29) is 23.7 Å². The highest BCUT2D eigenvalue weighted by molar-refractivity contribution is 6.04. The predicted octanol–water partition coefficient (Wildman–Crippen LogP) is 4.63. The first-order valence-corrected chi connectivity index (χ1v) is 11.4. The predicted molar refractivity (Wildman–Crippen MR) is 132 cm³/mol. The van der Waals surface area contributed by atoms with Crippen LogP contribution in [0, 0.1) is 17.2 Å². The Morgan fingerprint density at radius 1 is 1.06 bits per heavy atom. The van der Waals surface area contributed by atoms with Gasteiger partial charge in [-0.05, 0) is 65.6 Å². The number of carbonyl (C=O) groups is 3. The molecule has 7 nitrogen and oxygen atoms in total. The van der Waals surface area contributed by atoms with E-state index in [1.807, 2.05) is 43.3 Å². The molecule has 0 unspecified atom stereocenters. The van der Waals surface area contributed by atoms with Gasteiger partial charge in [-0.15, -0.1) is 0 Å². The van der Waals surface area contributed by atoms with Crippen LogP contribution in [0.1, 0.15) is 45.2 Å². The summed E-state index contributed by atoms with van der Waals surface area (Å²) in [6, 6.07) is 21.6. The minimum atomic E-state index is -0.343. The normalized spacial score (nSPS) is 13.1. The van der Waals surface area contributed by atoms with Gasteiger partial charge in [0.25, 0.3) is 11.8 Å². The molecule has 0 aliphatic carbocycles. The number of hydrogen-bond donors (Lipinski definition) is 1. The number of anilines is 1. The van der Waals surface area contributed by atoms with Crippen LogP contribution in [-0.4, -0.2) is 36.3 Å². The molecule has 176 valence electrons. The topological polar surface area (TPSA) is 99.5 Å². The second kappa shape index (κ2) is 10.2. The fourth-order valence-electron chi connectivity index (χ4n) is 4.14. The molecule has 0 radical (unpaired) electrons. The third kappa shape index (κ3) is 5.07. The van der Waals surface area contributed by atoms with Crippen molar-refractivity contribution in [3.05, 3.63) is 89.0 Å². The number of nitrogens with zero attached hydrogens (tertiary/aromatic N) is 2. The van der Waals surface area contributed by atoms with Crippen molar-refractivity contribution in [2.75, 3.05) is 19.0 Å². The zero-order valence-electron chi connectivity index (χ0n) is 19.6. The first-order valence-electron chi connectivity index (χ1n) is 11.4. The number of carbonyl (C=O) groups excluding carboxylic acids is 3. The lowest BCUT2D eigenvalue weighted by Crippen LogP contribution is -2.33. The molecule has 35 heavy (non-hydrogen) atoms. The molecular weight excluding hydrogens is 442 g/mol. The summed E-state index contributed by atoms with van der Waals surface area (Å²) in [5.74, 6) is -0.994. The summed E-state index contributed by atoms with van der Waals surface area (Å²) in [4.78, 5) is 39.1. The van der Waals surface area contributed by atoms with Crippen molar-refractivity contribution in [1.82, 2.24) is 4.90 Å². The number of nitriles is 1. The van der Waals surface area contributed by atoms with Crippen molar-refractivity contribution >= 4 is 23.5 Å². The molecule has 3 aromatic rings. The summed E-state index contributed by atoms with van der Waals surface area (Å²) in [6.07, 6.45) is 0.603. The number of benzene rings is 3. The average molecular weight is 468 g/mol. The monoisotopic (exact) mass is 467 g/mol. The Morgan fingerprint density at radius 2 is 1.74 bits per heavy atom. The van der Waals surface area contributed by atoms with Crippen LogP contribution in [0.15, 0.2) is 66.7 Å². The fraction of sp³-hybridized carbons (Fsp3) is 0.214. The van der Waals surface area contributed by atoms with E-state index in [1.54, 1.807) is 41.3 Å². The van der Waals surface area contributed by atoms with Crippen molar-refractivity contribution in [3.8, 4) is 17.2 Å². The number of ether oxygens (including phenoxy) is 1. The number of rotatable bonds is 7. The van der Waals surface area contributed by atoms with Gasteiger partial charge in [0.1, 0.15) is 0 Å². The Hall–Kier alpha value is -4.44. The largest absolute Gasteiger partial charge is 0.469 e. The fourth-order valence-corrected chi connectivity index (χ4v) is 4.14. The lowest BCUT2D eigenvalue weighted by Gasteiger charge is -2.20. The summed E-state index contributed by atoms with van der Waals surface area (Å²) < 4.78 is 4.86. The highest BCUT2D eigenvalue weighted by Crippen LogP contribution is 2.30. The van der Waals surface area contributed by atoms with Crippen LogP contribution in [0.2, 0.25) is 0 Å². The van der Waals surface area contributed by atoms with Gasteiger partial charge < -0.3 is 15.0 Å². The van der Waals surface area contributed by atoms with Gasteiger partial charge in [-0.2, -0.15) is 5.26 Å². The van der Waals surface area contributed by atoms with E-state index < -0.39 is 0 Å². The van der Waals surface area contributed by atoms with Crippen molar-refractivity contribution in [2.45, 2.75) is 19.9 Å². The average Bonchev–Trinajstić information content (AvgIpc) is 3.21. The van der Waals surface area contributed by atoms with Gasteiger partial charge >= 0.3 is 5.97 Å². The maximum absolute atomic E-state index is 13.0. The van der Waals surface area contributed by atoms with E-state index in [1.165, 1.54) is 7.11 Å². The number of methoxy groups -OCH3 is 1. The molecule has 1 atom stereocenters. The number of hydrogen-bond acceptors (Lipinski definition) is 5. The van der Waals surface area contributed by atoms with Crippen LogP contribution in [-0.2, 0) is 16.1 Å². The summed E-state index contributed by atoms with van der Waals surface area (Å²) in [5.41, 5.74) is 4.98. The van der Waals surface area contributed by atoms with Crippen LogP contribution in [0.4, 0.5) is 5.69 Å². The molecule has 0 saturated carbocycles. The first-order chi connectivity index (χ1) is 16.9. The molecule has 7 heteroatoms. The van der Waals surface area contributed by atoms with E-state index in [2.05, 4.69) is 5.32 Å². The Labute approximate surface area is 203 Å². The standard InChI is InChI=1S/C28H25N3O4/c1-3-19(28(34)35-2)16-31-17-23-9-8-22(14-25(23)27(31)33)20-10-12-24(13-11-20)30-26(32)21-6-4-18(15-29)5-7-21/h4-14,19H,3,16-17H2,1-2H3,(H,30,32)/t19-/m0/s1. The van der Waals surface area contributed by atoms with Gasteiger partial charge in [-0.25, -0.2) is 0 Å². The Bertz CT molecular complexity index is 1310. The molecule has 2 amide bonds. The van der Waals surface area contributed by atoms with Crippen molar-refractivity contribution < 1.29 is 19.1 Å². The summed E-state index contributed by atoms with van der Waals surface area (Å²) in [6.45, 7) is 2.71. The van der Waals surface area contributed by atoms with E-state index in [4.69, 9.17) is 10.00 Å². The molecule has 1 N–H and O–H groups in total. The van der Waals surface area contributed by atoms with Crippen LogP contribution in [0.25, 0.3) is 11.1 Å². The second-order valence-corrected chi connectivity index (χ2v) is 8.41. The minimum absolute atomic E-state index is 0.0875. The summed E-state index contributed by atoms with van der Waals surface area (Å²) in [7, 11) is 1.36. The minimum Gasteiger partial charge on any atom is -0.469 e. The molecular formula is C28H25N3O4. The lowest BCUT2D eigenvalue weighted by atomic mass is 10.00. The third-order valence-electron chi connectivity index (χ3n) is 6.21. The van der Waals surface area contributed by atoms with E-state index in [0.717, 1.165) is 16.7 Å². The molecule has 0 spiro atoms. The van der Waals surface area contributed by atoms with Gasteiger partial charge in [0.05, 0.1) is 24.7 Å². The van der Waals surface area contributed by atoms with E-state index in [0.29, 0.717) is 41.9 Å². The summed E-state index contributed by atoms with van der Waals surface area (Å²) >= 11 is 0. The molecule has 1 aliphatic rings. The van der Waals surface area contributed by atoms with Gasteiger partial charge in [0, 0.05) is 29.9 Å². The zero-order chi connectivity index (χ0) is 24.9. The van der Waals surface area contributed by atoms with Crippen LogP contribution < -0.4 is 5.32 Å². The maximum Gasteiger partial charge on any atom is 0.310 e. The van der Waals surface area contributed by atoms with Crippen molar-refractivity contribution in [2.24, 2.45) is 5.92 Å². The first kappa shape index (κ1) is 23.7. The Morgan fingerprint density at radius 3 is 2.37 bits per heavy atom. The zero-order valence-corrected chi connectivity index (χ0v) is 19.6. The molecule has 1 heterocycles. The van der Waals surface area contributed by atoms with Crippen LogP contribution in [0.3, 0.4) is 0 Å². The maximum atomic E-state index is 13.0. The molecule has 0 fully saturated rings. The number of fused-ring (bicyclic) bond motifs is 1. The lowest BCUT2D eigenvalue weighted by molar-refractivity contribution is -0.146. The SMILES string of the molecule is CC[C@@H](CN1Cc2ccc(-c3ccc(NC(=O)c4ccc(C#N)cc4)cc3)cc2C1=O)C(=O)OC. The Kier molecular flexibility index (Phi) is 6.93. The number of nitrogens with one attached hydrogen (secondary N) is 1. The number of esters is 1. The highest BCUT2D eigenvalue weighted by atomic mass is 16.5. The molecule has 0 bridgehead atoms. The van der Waals surface area contributed by atoms with Gasteiger partial charge in [0.2, 0.25) is 0 Å². The third-order valence-corrected chi connectivity index (χ3v) is 6.21. The molecule has 0 aromatic heterocycles. The molecule has 1 aliphatic heterocycles. The number of amides is 2. The van der Waals surface area contributed by atoms with Crippen LogP contribution >= 0.6 is 0 Å². The Balaban J connectivity index is 1.45. The highest BCUT2D eigenvalue weighted by Gasteiger charge is 2.31. The van der Waals surface area contributed by atoms with Crippen LogP contribution in [0.5, 0.6) is 0 Å². The quantitative estimate of drug-likeness (QED) is 0.511. The van der Waals surface area contributed by atoms with Crippen molar-refractivity contribution in [3.63, 3.8) is 0 Å². The molecule has 3 aromatic carbocycles. The van der Waals surface area contributed by atoms with E-state index >= 15 is 0 Å². The second-order valence-electron chi connectivity index (χ2n) is 8.41. The smallest absolute Gasteiger partial charge is 0.310 e. The molecule has 4 rings (SSSR count).